The van der Waals surface area contributed by atoms with Crippen molar-refractivity contribution in [1.82, 2.24) is 0 Å². The zero-order chi connectivity index (χ0) is 11.5. The smallest absolute Gasteiger partial charge is 0.0410 e. The molecule has 0 heterocycles. The summed E-state index contributed by atoms with van der Waals surface area (Å²) in [4.78, 5) is 2.51. The second-order valence-electron chi connectivity index (χ2n) is 4.69. The first kappa shape index (κ1) is 11.3. The Morgan fingerprint density at radius 3 is 2.31 bits per heavy atom. The van der Waals surface area contributed by atoms with Crippen molar-refractivity contribution in [1.29, 1.82) is 0 Å². The van der Waals surface area contributed by atoms with Gasteiger partial charge in [0.15, 0.2) is 0 Å². The minimum Gasteiger partial charge on any atom is -0.342 e. The van der Waals surface area contributed by atoms with E-state index in [0.29, 0.717) is 6.04 Å². The van der Waals surface area contributed by atoms with Crippen LogP contribution in [0.5, 0.6) is 0 Å². The lowest BCUT2D eigenvalue weighted by molar-refractivity contribution is 0.613. The molecule has 0 radical (unpaired) electrons. The number of benzene rings is 1. The number of rotatable bonds is 4. The highest BCUT2D eigenvalue weighted by molar-refractivity contribution is 5.55. The highest BCUT2D eigenvalue weighted by atomic mass is 15.2. The van der Waals surface area contributed by atoms with Gasteiger partial charge in [-0.1, -0.05) is 30.7 Å². The van der Waals surface area contributed by atoms with Crippen LogP contribution in [0.25, 0.3) is 0 Å². The summed E-state index contributed by atoms with van der Waals surface area (Å²) in [6.07, 6.45) is 3.70. The SMILES string of the molecule is CCC(C)N(C1=C(C)CC1)c1ccccc1. The Bertz CT molecular complexity index is 378. The molecule has 0 spiro atoms. The van der Waals surface area contributed by atoms with Gasteiger partial charge in [-0.15, -0.1) is 0 Å². The van der Waals surface area contributed by atoms with Gasteiger partial charge in [0.1, 0.15) is 0 Å². The fraction of sp³-hybridized carbons (Fsp3) is 0.467. The number of hydrogen-bond donors (Lipinski definition) is 0. The van der Waals surface area contributed by atoms with Crippen LogP contribution in [0, 0.1) is 0 Å². The lowest BCUT2D eigenvalue weighted by atomic mass is 9.93. The van der Waals surface area contributed by atoms with Gasteiger partial charge in [0.2, 0.25) is 0 Å². The molecule has 1 atom stereocenters. The van der Waals surface area contributed by atoms with E-state index in [1.807, 2.05) is 0 Å². The molecular formula is C15H21N. The molecule has 1 heteroatoms. The first-order chi connectivity index (χ1) is 7.74. The average molecular weight is 215 g/mol. The summed E-state index contributed by atoms with van der Waals surface area (Å²) in [6.45, 7) is 6.83. The molecule has 0 amide bonds. The zero-order valence-corrected chi connectivity index (χ0v) is 10.5. The van der Waals surface area contributed by atoms with E-state index < -0.39 is 0 Å². The molecule has 0 saturated heterocycles. The Balaban J connectivity index is 2.33. The molecule has 2 rings (SSSR count). The van der Waals surface area contributed by atoms with Gasteiger partial charge < -0.3 is 4.90 Å². The van der Waals surface area contributed by atoms with Crippen LogP contribution in [0.2, 0.25) is 0 Å². The van der Waals surface area contributed by atoms with Gasteiger partial charge in [-0.3, -0.25) is 0 Å². The fourth-order valence-corrected chi connectivity index (χ4v) is 2.26. The van der Waals surface area contributed by atoms with Gasteiger partial charge in [-0.2, -0.15) is 0 Å². The van der Waals surface area contributed by atoms with Crippen LogP contribution < -0.4 is 4.90 Å². The van der Waals surface area contributed by atoms with Crippen LogP contribution in [0.3, 0.4) is 0 Å². The van der Waals surface area contributed by atoms with Gasteiger partial charge in [0, 0.05) is 17.4 Å². The fourth-order valence-electron chi connectivity index (χ4n) is 2.26. The molecule has 1 aliphatic carbocycles. The molecule has 0 aliphatic heterocycles. The Morgan fingerprint density at radius 1 is 1.19 bits per heavy atom. The number of nitrogens with zero attached hydrogens (tertiary/aromatic N) is 1. The van der Waals surface area contributed by atoms with E-state index in [-0.39, 0.29) is 0 Å². The second kappa shape index (κ2) is 4.73. The Morgan fingerprint density at radius 2 is 1.88 bits per heavy atom. The van der Waals surface area contributed by atoms with Crippen molar-refractivity contribution in [3.63, 3.8) is 0 Å². The predicted octanol–water partition coefficient (Wildman–Crippen LogP) is 4.36. The molecule has 1 nitrogen and oxygen atoms in total. The van der Waals surface area contributed by atoms with Crippen LogP contribution in [-0.2, 0) is 0 Å². The summed E-state index contributed by atoms with van der Waals surface area (Å²) in [5, 5.41) is 0. The molecule has 0 N–H and O–H groups in total. The summed E-state index contributed by atoms with van der Waals surface area (Å²) in [5.74, 6) is 0. The third kappa shape index (κ3) is 1.99. The maximum Gasteiger partial charge on any atom is 0.0410 e. The van der Waals surface area contributed by atoms with Crippen molar-refractivity contribution >= 4 is 5.69 Å². The van der Waals surface area contributed by atoms with Crippen LogP contribution in [-0.4, -0.2) is 6.04 Å². The van der Waals surface area contributed by atoms with E-state index >= 15 is 0 Å². The number of anilines is 1. The third-order valence-corrected chi connectivity index (χ3v) is 3.59. The van der Waals surface area contributed by atoms with Gasteiger partial charge >= 0.3 is 0 Å². The molecule has 0 saturated carbocycles. The highest BCUT2D eigenvalue weighted by Gasteiger charge is 2.24. The monoisotopic (exact) mass is 215 g/mol. The van der Waals surface area contributed by atoms with Gasteiger partial charge in [0.05, 0.1) is 0 Å². The topological polar surface area (TPSA) is 3.24 Å². The van der Waals surface area contributed by atoms with Crippen molar-refractivity contribution in [2.75, 3.05) is 4.90 Å². The molecule has 1 aromatic carbocycles. The maximum absolute atomic E-state index is 2.51. The highest BCUT2D eigenvalue weighted by Crippen LogP contribution is 2.35. The van der Waals surface area contributed by atoms with E-state index in [2.05, 4.69) is 56.0 Å². The van der Waals surface area contributed by atoms with E-state index in [4.69, 9.17) is 0 Å². The Kier molecular flexibility index (Phi) is 3.33. The summed E-state index contributed by atoms with van der Waals surface area (Å²) in [7, 11) is 0. The van der Waals surface area contributed by atoms with E-state index in [0.717, 1.165) is 0 Å². The minimum atomic E-state index is 0.590. The first-order valence-corrected chi connectivity index (χ1v) is 6.27. The lowest BCUT2D eigenvalue weighted by Gasteiger charge is -2.38. The molecular weight excluding hydrogens is 194 g/mol. The summed E-state index contributed by atoms with van der Waals surface area (Å²) in [6, 6.07) is 11.3. The molecule has 16 heavy (non-hydrogen) atoms. The molecule has 1 aromatic rings. The summed E-state index contributed by atoms with van der Waals surface area (Å²) < 4.78 is 0. The molecule has 1 aliphatic rings. The van der Waals surface area contributed by atoms with E-state index in [9.17, 15) is 0 Å². The van der Waals surface area contributed by atoms with Gasteiger partial charge in [-0.05, 0) is 45.2 Å². The average Bonchev–Trinajstić information content (AvgIpc) is 2.34. The first-order valence-electron chi connectivity index (χ1n) is 6.27. The van der Waals surface area contributed by atoms with Crippen molar-refractivity contribution in [2.24, 2.45) is 0 Å². The van der Waals surface area contributed by atoms with Gasteiger partial charge in [-0.25, -0.2) is 0 Å². The van der Waals surface area contributed by atoms with Crippen molar-refractivity contribution in [3.05, 3.63) is 41.6 Å². The van der Waals surface area contributed by atoms with Crippen molar-refractivity contribution in [2.45, 2.75) is 46.1 Å². The Labute approximate surface area is 98.8 Å². The van der Waals surface area contributed by atoms with Crippen LogP contribution in [0.15, 0.2) is 41.6 Å². The standard InChI is InChI=1S/C15H21N/c1-4-13(3)16(15-11-10-12(15)2)14-8-6-5-7-9-14/h5-9,13H,4,10-11H2,1-3H3. The van der Waals surface area contributed by atoms with E-state index in [1.165, 1.54) is 24.9 Å². The van der Waals surface area contributed by atoms with E-state index in [1.54, 1.807) is 11.3 Å². The normalized spacial score (nSPS) is 16.9. The number of para-hydroxylation sites is 1. The molecule has 0 bridgehead atoms. The summed E-state index contributed by atoms with van der Waals surface area (Å²) in [5.41, 5.74) is 4.44. The maximum atomic E-state index is 2.51. The lowest BCUT2D eigenvalue weighted by Crippen LogP contribution is -2.35. The third-order valence-electron chi connectivity index (χ3n) is 3.59. The quantitative estimate of drug-likeness (QED) is 0.721. The number of allylic oxidation sites excluding steroid dienone is 2. The van der Waals surface area contributed by atoms with Crippen LogP contribution in [0.1, 0.15) is 40.0 Å². The van der Waals surface area contributed by atoms with Crippen molar-refractivity contribution in [3.8, 4) is 0 Å². The van der Waals surface area contributed by atoms with Gasteiger partial charge in [0.25, 0.3) is 0 Å². The second-order valence-corrected chi connectivity index (χ2v) is 4.69. The van der Waals surface area contributed by atoms with Crippen LogP contribution >= 0.6 is 0 Å². The molecule has 1 unspecified atom stereocenters. The minimum absolute atomic E-state index is 0.590. The molecule has 0 aromatic heterocycles. The molecule has 0 fully saturated rings. The zero-order valence-electron chi connectivity index (χ0n) is 10.5. The number of hydrogen-bond acceptors (Lipinski definition) is 1. The van der Waals surface area contributed by atoms with Crippen LogP contribution in [0.4, 0.5) is 5.69 Å². The molecule has 86 valence electrons. The van der Waals surface area contributed by atoms with Crippen molar-refractivity contribution < 1.29 is 0 Å². The summed E-state index contributed by atoms with van der Waals surface area (Å²) >= 11 is 0. The Hall–Kier alpha value is -1.24. The predicted molar refractivity (Wildman–Crippen MR) is 70.6 cm³/mol. The largest absolute Gasteiger partial charge is 0.342 e.